The van der Waals surface area contributed by atoms with Gasteiger partial charge in [-0.1, -0.05) is 6.07 Å². The summed E-state index contributed by atoms with van der Waals surface area (Å²) in [6, 6.07) is 5.69. The van der Waals surface area contributed by atoms with Crippen molar-refractivity contribution in [3.63, 3.8) is 0 Å². The summed E-state index contributed by atoms with van der Waals surface area (Å²) in [5, 5.41) is 2.95. The van der Waals surface area contributed by atoms with Gasteiger partial charge in [0.1, 0.15) is 5.82 Å². The molecule has 2 aromatic rings. The SMILES string of the molecule is Cc1cccc(NC(=O)C2CCN(CCc3scnc3C)CC2)n1. The zero-order valence-corrected chi connectivity index (χ0v) is 15.1. The summed E-state index contributed by atoms with van der Waals surface area (Å²) in [6.45, 7) is 7.02. The van der Waals surface area contributed by atoms with Gasteiger partial charge in [-0.05, 0) is 58.3 Å². The van der Waals surface area contributed by atoms with Gasteiger partial charge in [0.15, 0.2) is 0 Å². The van der Waals surface area contributed by atoms with Crippen LogP contribution in [-0.4, -0.2) is 40.4 Å². The van der Waals surface area contributed by atoms with Crippen LogP contribution in [0.4, 0.5) is 5.82 Å². The van der Waals surface area contributed by atoms with Crippen LogP contribution in [0.1, 0.15) is 29.1 Å². The number of nitrogens with one attached hydrogen (secondary N) is 1. The molecule has 3 rings (SSSR count). The largest absolute Gasteiger partial charge is 0.310 e. The first-order valence-corrected chi connectivity index (χ1v) is 9.35. The number of anilines is 1. The third-order valence-electron chi connectivity index (χ3n) is 4.60. The van der Waals surface area contributed by atoms with E-state index in [2.05, 4.69) is 27.1 Å². The van der Waals surface area contributed by atoms with Crippen molar-refractivity contribution in [3.8, 4) is 0 Å². The number of likely N-dealkylation sites (tertiary alicyclic amines) is 1. The fraction of sp³-hybridized carbons (Fsp3) is 0.500. The van der Waals surface area contributed by atoms with Gasteiger partial charge in [0, 0.05) is 23.0 Å². The second kappa shape index (κ2) is 7.85. The molecule has 0 unspecified atom stereocenters. The number of amides is 1. The molecular weight excluding hydrogens is 320 g/mol. The smallest absolute Gasteiger partial charge is 0.228 e. The number of thiazole rings is 1. The van der Waals surface area contributed by atoms with E-state index in [0.717, 1.165) is 50.3 Å². The third kappa shape index (κ3) is 4.39. The summed E-state index contributed by atoms with van der Waals surface area (Å²) in [4.78, 5) is 24.9. The second-order valence-corrected chi connectivity index (χ2v) is 7.32. The summed E-state index contributed by atoms with van der Waals surface area (Å²) < 4.78 is 0. The standard InChI is InChI=1S/C18H24N4OS/c1-13-4-3-5-17(20-13)21-18(23)15-6-9-22(10-7-15)11-8-16-14(2)19-12-24-16/h3-5,12,15H,6-11H2,1-2H3,(H,20,21,23). The molecule has 1 saturated heterocycles. The Morgan fingerprint density at radius 3 is 2.79 bits per heavy atom. The number of pyridine rings is 1. The lowest BCUT2D eigenvalue weighted by atomic mass is 9.95. The molecule has 0 saturated carbocycles. The summed E-state index contributed by atoms with van der Waals surface area (Å²) in [6.07, 6.45) is 2.89. The molecule has 0 aromatic carbocycles. The van der Waals surface area contributed by atoms with Crippen LogP contribution in [0.2, 0.25) is 0 Å². The summed E-state index contributed by atoms with van der Waals surface area (Å²) in [5.74, 6) is 0.850. The van der Waals surface area contributed by atoms with Gasteiger partial charge >= 0.3 is 0 Å². The Kier molecular flexibility index (Phi) is 5.58. The Labute approximate surface area is 147 Å². The van der Waals surface area contributed by atoms with Gasteiger partial charge in [-0.2, -0.15) is 0 Å². The number of aromatic nitrogens is 2. The zero-order valence-electron chi connectivity index (χ0n) is 14.3. The van der Waals surface area contributed by atoms with Crippen LogP contribution in [0.3, 0.4) is 0 Å². The van der Waals surface area contributed by atoms with E-state index in [0.29, 0.717) is 5.82 Å². The van der Waals surface area contributed by atoms with Crippen molar-refractivity contribution in [2.75, 3.05) is 25.0 Å². The number of nitrogens with zero attached hydrogens (tertiary/aromatic N) is 3. The molecule has 0 bridgehead atoms. The lowest BCUT2D eigenvalue weighted by Gasteiger charge is -2.31. The molecule has 128 valence electrons. The van der Waals surface area contributed by atoms with E-state index in [1.807, 2.05) is 30.6 Å². The molecule has 1 aliphatic rings. The topological polar surface area (TPSA) is 58.1 Å². The molecule has 2 aromatic heterocycles. The molecule has 1 amide bonds. The average Bonchev–Trinajstić information content (AvgIpc) is 2.98. The minimum Gasteiger partial charge on any atom is -0.310 e. The fourth-order valence-electron chi connectivity index (χ4n) is 3.09. The fourth-order valence-corrected chi connectivity index (χ4v) is 3.86. The van der Waals surface area contributed by atoms with Crippen LogP contribution < -0.4 is 5.32 Å². The van der Waals surface area contributed by atoms with E-state index in [-0.39, 0.29) is 11.8 Å². The lowest BCUT2D eigenvalue weighted by Crippen LogP contribution is -2.39. The van der Waals surface area contributed by atoms with Crippen LogP contribution in [0.15, 0.2) is 23.7 Å². The van der Waals surface area contributed by atoms with Gasteiger partial charge in [-0.3, -0.25) is 4.79 Å². The molecule has 24 heavy (non-hydrogen) atoms. The molecule has 6 heteroatoms. The number of rotatable bonds is 5. The summed E-state index contributed by atoms with van der Waals surface area (Å²) in [7, 11) is 0. The predicted molar refractivity (Wildman–Crippen MR) is 97.3 cm³/mol. The molecule has 0 spiro atoms. The van der Waals surface area contributed by atoms with Crippen molar-refractivity contribution < 1.29 is 4.79 Å². The Bertz CT molecular complexity index is 692. The molecule has 1 fully saturated rings. The minimum atomic E-state index is 0.0914. The highest BCUT2D eigenvalue weighted by atomic mass is 32.1. The minimum absolute atomic E-state index is 0.0914. The van der Waals surface area contributed by atoms with Crippen molar-refractivity contribution in [2.24, 2.45) is 5.92 Å². The van der Waals surface area contributed by atoms with E-state index in [1.54, 1.807) is 11.3 Å². The molecule has 1 N–H and O–H groups in total. The second-order valence-electron chi connectivity index (χ2n) is 6.38. The highest BCUT2D eigenvalue weighted by molar-refractivity contribution is 7.09. The Hall–Kier alpha value is -1.79. The van der Waals surface area contributed by atoms with Crippen molar-refractivity contribution in [1.82, 2.24) is 14.9 Å². The van der Waals surface area contributed by atoms with Crippen LogP contribution in [0.5, 0.6) is 0 Å². The Morgan fingerprint density at radius 2 is 2.12 bits per heavy atom. The number of carbonyl (C=O) groups is 1. The van der Waals surface area contributed by atoms with Gasteiger partial charge in [0.05, 0.1) is 11.2 Å². The number of aryl methyl sites for hydroxylation is 2. The lowest BCUT2D eigenvalue weighted by molar-refractivity contribution is -0.121. The van der Waals surface area contributed by atoms with E-state index < -0.39 is 0 Å². The monoisotopic (exact) mass is 344 g/mol. The molecule has 0 radical (unpaired) electrons. The maximum atomic E-state index is 12.4. The number of carbonyl (C=O) groups excluding carboxylic acids is 1. The van der Waals surface area contributed by atoms with Gasteiger partial charge < -0.3 is 10.2 Å². The van der Waals surface area contributed by atoms with Crippen molar-refractivity contribution in [2.45, 2.75) is 33.1 Å². The number of hydrogen-bond donors (Lipinski definition) is 1. The average molecular weight is 344 g/mol. The number of piperidine rings is 1. The van der Waals surface area contributed by atoms with E-state index in [4.69, 9.17) is 0 Å². The molecule has 0 aliphatic carbocycles. The number of hydrogen-bond acceptors (Lipinski definition) is 5. The molecule has 1 aliphatic heterocycles. The predicted octanol–water partition coefficient (Wildman–Crippen LogP) is 3.05. The van der Waals surface area contributed by atoms with Crippen molar-refractivity contribution in [1.29, 1.82) is 0 Å². The highest BCUT2D eigenvalue weighted by Gasteiger charge is 2.25. The first-order valence-electron chi connectivity index (χ1n) is 8.47. The van der Waals surface area contributed by atoms with Crippen molar-refractivity contribution >= 4 is 23.1 Å². The maximum Gasteiger partial charge on any atom is 0.228 e. The van der Waals surface area contributed by atoms with E-state index in [1.165, 1.54) is 4.88 Å². The Morgan fingerprint density at radius 1 is 1.33 bits per heavy atom. The normalized spacial score (nSPS) is 16.2. The van der Waals surface area contributed by atoms with Crippen molar-refractivity contribution in [3.05, 3.63) is 40.0 Å². The van der Waals surface area contributed by atoms with Crippen LogP contribution in [-0.2, 0) is 11.2 Å². The highest BCUT2D eigenvalue weighted by Crippen LogP contribution is 2.20. The quantitative estimate of drug-likeness (QED) is 0.906. The third-order valence-corrected chi connectivity index (χ3v) is 5.59. The van der Waals surface area contributed by atoms with E-state index >= 15 is 0 Å². The first-order chi connectivity index (χ1) is 11.6. The molecular formula is C18H24N4OS. The van der Waals surface area contributed by atoms with Gasteiger partial charge in [-0.25, -0.2) is 9.97 Å². The Balaban J connectivity index is 1.44. The van der Waals surface area contributed by atoms with Crippen LogP contribution >= 0.6 is 11.3 Å². The van der Waals surface area contributed by atoms with Crippen LogP contribution in [0, 0.1) is 19.8 Å². The first kappa shape index (κ1) is 17.0. The van der Waals surface area contributed by atoms with Crippen LogP contribution in [0.25, 0.3) is 0 Å². The van der Waals surface area contributed by atoms with Gasteiger partial charge in [0.25, 0.3) is 0 Å². The molecule has 0 atom stereocenters. The molecule has 3 heterocycles. The summed E-state index contributed by atoms with van der Waals surface area (Å²) >= 11 is 1.74. The molecule has 5 nitrogen and oxygen atoms in total. The zero-order chi connectivity index (χ0) is 16.9. The van der Waals surface area contributed by atoms with Gasteiger partial charge in [-0.15, -0.1) is 11.3 Å². The van der Waals surface area contributed by atoms with Gasteiger partial charge in [0.2, 0.25) is 5.91 Å². The van der Waals surface area contributed by atoms with E-state index in [9.17, 15) is 4.79 Å². The maximum absolute atomic E-state index is 12.4. The summed E-state index contributed by atoms with van der Waals surface area (Å²) in [5.41, 5.74) is 3.99.